The second-order valence-corrected chi connectivity index (χ2v) is 4.60. The van der Waals surface area contributed by atoms with E-state index in [0.717, 1.165) is 5.56 Å². The summed E-state index contributed by atoms with van der Waals surface area (Å²) in [6.07, 6.45) is 0.587. The van der Waals surface area contributed by atoms with Crippen molar-refractivity contribution < 1.29 is 14.5 Å². The summed E-state index contributed by atoms with van der Waals surface area (Å²) in [5, 5.41) is 10.5. The highest BCUT2D eigenvalue weighted by molar-refractivity contribution is 6.18. The van der Waals surface area contributed by atoms with E-state index in [1.165, 1.54) is 12.1 Å². The van der Waals surface area contributed by atoms with Gasteiger partial charge in [0.25, 0.3) is 5.69 Å². The highest BCUT2D eigenvalue weighted by atomic mass is 16.6. The number of carbonyl (C=O) groups excluding carboxylic acids is 2. The van der Waals surface area contributed by atoms with Crippen LogP contribution in [-0.2, 0) is 15.0 Å². The Kier molecular flexibility index (Phi) is 1.79. The van der Waals surface area contributed by atoms with Crippen LogP contribution in [0.2, 0.25) is 0 Å². The zero-order chi connectivity index (χ0) is 12.2. The van der Waals surface area contributed by atoms with E-state index < -0.39 is 10.3 Å². The molecule has 0 radical (unpaired) electrons. The van der Waals surface area contributed by atoms with Crippen molar-refractivity contribution in [2.75, 3.05) is 0 Å². The first-order valence-electron chi connectivity index (χ1n) is 5.36. The van der Waals surface area contributed by atoms with E-state index in [2.05, 4.69) is 0 Å². The monoisotopic (exact) mass is 231 g/mol. The molecule has 2 aliphatic rings. The van der Waals surface area contributed by atoms with Gasteiger partial charge in [-0.2, -0.15) is 0 Å². The zero-order valence-corrected chi connectivity index (χ0v) is 8.88. The smallest absolute Gasteiger partial charge is 0.269 e. The zero-order valence-electron chi connectivity index (χ0n) is 8.88. The topological polar surface area (TPSA) is 77.3 Å². The van der Waals surface area contributed by atoms with E-state index in [0.29, 0.717) is 6.42 Å². The maximum Gasteiger partial charge on any atom is 0.269 e. The highest BCUT2D eigenvalue weighted by Gasteiger charge is 2.68. The molecular formula is C12H9NO4. The number of nitro benzene ring substituents is 1. The summed E-state index contributed by atoms with van der Waals surface area (Å²) in [5.41, 5.74) is 0.0923. The first-order chi connectivity index (χ1) is 8.05. The number of non-ortho nitro benzene ring substituents is 1. The van der Waals surface area contributed by atoms with Gasteiger partial charge in [-0.25, -0.2) is 0 Å². The van der Waals surface area contributed by atoms with Gasteiger partial charge in [0.2, 0.25) is 0 Å². The average molecular weight is 231 g/mol. The van der Waals surface area contributed by atoms with Crippen molar-refractivity contribution in [3.63, 3.8) is 0 Å². The van der Waals surface area contributed by atoms with Crippen molar-refractivity contribution in [3.8, 4) is 0 Å². The van der Waals surface area contributed by atoms with E-state index in [1.54, 1.807) is 12.1 Å². The largest absolute Gasteiger partial charge is 0.299 e. The molecule has 2 saturated carbocycles. The molecule has 2 fully saturated rings. The van der Waals surface area contributed by atoms with Gasteiger partial charge in [0.1, 0.15) is 5.78 Å². The second-order valence-electron chi connectivity index (χ2n) is 4.60. The van der Waals surface area contributed by atoms with Crippen molar-refractivity contribution in [1.29, 1.82) is 0 Å². The lowest BCUT2D eigenvalue weighted by Crippen LogP contribution is -2.17. The summed E-state index contributed by atoms with van der Waals surface area (Å²) in [4.78, 5) is 33.3. The average Bonchev–Trinajstić information content (AvgIpc) is 3.00. The highest BCUT2D eigenvalue weighted by Crippen LogP contribution is 2.60. The quantitative estimate of drug-likeness (QED) is 0.438. The Hall–Kier alpha value is -2.04. The normalized spacial score (nSPS) is 30.2. The number of benzene rings is 1. The molecule has 0 spiro atoms. The molecule has 0 aromatic heterocycles. The summed E-state index contributed by atoms with van der Waals surface area (Å²) in [7, 11) is 0. The minimum atomic E-state index is -0.647. The maximum atomic E-state index is 11.8. The number of fused-ring (bicyclic) bond motifs is 1. The number of rotatable bonds is 2. The van der Waals surface area contributed by atoms with Crippen LogP contribution in [0.3, 0.4) is 0 Å². The Balaban J connectivity index is 1.99. The van der Waals surface area contributed by atoms with Gasteiger partial charge >= 0.3 is 0 Å². The Morgan fingerprint density at radius 2 is 1.88 bits per heavy atom. The first-order valence-corrected chi connectivity index (χ1v) is 5.36. The molecular weight excluding hydrogens is 222 g/mol. The van der Waals surface area contributed by atoms with Crippen molar-refractivity contribution in [3.05, 3.63) is 39.9 Å². The van der Waals surface area contributed by atoms with Gasteiger partial charge in [-0.05, 0) is 12.0 Å². The van der Waals surface area contributed by atoms with E-state index in [-0.39, 0.29) is 29.6 Å². The van der Waals surface area contributed by atoms with Gasteiger partial charge in [-0.3, -0.25) is 19.7 Å². The summed E-state index contributed by atoms with van der Waals surface area (Å²) in [5.74, 6) is -0.217. The Morgan fingerprint density at radius 3 is 2.29 bits per heavy atom. The molecule has 1 aromatic carbocycles. The summed E-state index contributed by atoms with van der Waals surface area (Å²) < 4.78 is 0. The third kappa shape index (κ3) is 1.19. The van der Waals surface area contributed by atoms with E-state index in [4.69, 9.17) is 0 Å². The molecule has 86 valence electrons. The second kappa shape index (κ2) is 3.00. The summed E-state index contributed by atoms with van der Waals surface area (Å²) in [6.45, 7) is 0. The van der Waals surface area contributed by atoms with Crippen LogP contribution in [0.1, 0.15) is 18.4 Å². The van der Waals surface area contributed by atoms with Crippen LogP contribution in [0.25, 0.3) is 0 Å². The van der Waals surface area contributed by atoms with Crippen LogP contribution < -0.4 is 0 Å². The van der Waals surface area contributed by atoms with Crippen LogP contribution in [0, 0.1) is 16.0 Å². The Morgan fingerprint density at radius 1 is 1.24 bits per heavy atom. The molecule has 5 heteroatoms. The molecule has 0 heterocycles. The Labute approximate surface area is 96.6 Å². The molecule has 1 aromatic rings. The standard InChI is InChI=1S/C12H9NO4/c14-10-5-11(15)12(6-9(10)12)7-1-3-8(4-2-7)13(16)17/h1-4,9H,5-6H2. The van der Waals surface area contributed by atoms with Gasteiger partial charge < -0.3 is 0 Å². The third-order valence-electron chi connectivity index (χ3n) is 3.78. The van der Waals surface area contributed by atoms with Crippen molar-refractivity contribution in [1.82, 2.24) is 0 Å². The molecule has 0 aliphatic heterocycles. The Bertz CT molecular complexity index is 548. The van der Waals surface area contributed by atoms with Crippen LogP contribution >= 0.6 is 0 Å². The summed E-state index contributed by atoms with van der Waals surface area (Å²) in [6, 6.07) is 5.95. The predicted molar refractivity (Wildman–Crippen MR) is 57.5 cm³/mol. The molecule has 0 saturated heterocycles. The SMILES string of the molecule is O=C1CC(=O)C2(c3ccc([N+](=O)[O-])cc3)CC12. The maximum absolute atomic E-state index is 11.8. The lowest BCUT2D eigenvalue weighted by atomic mass is 9.92. The van der Waals surface area contributed by atoms with Gasteiger partial charge in [-0.15, -0.1) is 0 Å². The van der Waals surface area contributed by atoms with Gasteiger partial charge in [-0.1, -0.05) is 12.1 Å². The first kappa shape index (κ1) is 10.1. The number of hydrogen-bond acceptors (Lipinski definition) is 4. The third-order valence-corrected chi connectivity index (χ3v) is 3.78. The van der Waals surface area contributed by atoms with Crippen LogP contribution in [0.5, 0.6) is 0 Å². The lowest BCUT2D eigenvalue weighted by Gasteiger charge is -2.09. The van der Waals surface area contributed by atoms with Crippen molar-refractivity contribution >= 4 is 17.3 Å². The van der Waals surface area contributed by atoms with Gasteiger partial charge in [0, 0.05) is 18.1 Å². The molecule has 17 heavy (non-hydrogen) atoms. The minimum absolute atomic E-state index is 0.000813. The van der Waals surface area contributed by atoms with Crippen LogP contribution in [-0.4, -0.2) is 16.5 Å². The van der Waals surface area contributed by atoms with Crippen LogP contribution in [0.4, 0.5) is 5.69 Å². The van der Waals surface area contributed by atoms with Crippen LogP contribution in [0.15, 0.2) is 24.3 Å². The number of carbonyl (C=O) groups is 2. The van der Waals surface area contributed by atoms with Crippen molar-refractivity contribution in [2.45, 2.75) is 18.3 Å². The fourth-order valence-electron chi connectivity index (χ4n) is 2.76. The molecule has 5 nitrogen and oxygen atoms in total. The van der Waals surface area contributed by atoms with Gasteiger partial charge in [0.15, 0.2) is 5.78 Å². The predicted octanol–water partition coefficient (Wildman–Crippen LogP) is 1.39. The molecule has 0 N–H and O–H groups in total. The molecule has 0 amide bonds. The molecule has 2 aliphatic carbocycles. The fraction of sp³-hybridized carbons (Fsp3) is 0.333. The minimum Gasteiger partial charge on any atom is -0.299 e. The summed E-state index contributed by atoms with van der Waals surface area (Å²) >= 11 is 0. The number of nitro groups is 1. The van der Waals surface area contributed by atoms with Crippen molar-refractivity contribution in [2.24, 2.45) is 5.92 Å². The fourth-order valence-corrected chi connectivity index (χ4v) is 2.76. The van der Waals surface area contributed by atoms with E-state index in [1.807, 2.05) is 0 Å². The molecule has 2 atom stereocenters. The van der Waals surface area contributed by atoms with E-state index >= 15 is 0 Å². The number of nitrogens with zero attached hydrogens (tertiary/aromatic N) is 1. The number of hydrogen-bond donors (Lipinski definition) is 0. The molecule has 2 unspecified atom stereocenters. The molecule has 3 rings (SSSR count). The lowest BCUT2D eigenvalue weighted by molar-refractivity contribution is -0.384. The molecule has 0 bridgehead atoms. The number of ketones is 2. The number of Topliss-reactive ketones (excluding diaryl/α,β-unsaturated/α-hetero) is 2. The van der Waals surface area contributed by atoms with Gasteiger partial charge in [0.05, 0.1) is 16.8 Å². The van der Waals surface area contributed by atoms with E-state index in [9.17, 15) is 19.7 Å².